The van der Waals surface area contributed by atoms with Gasteiger partial charge in [0.2, 0.25) is 0 Å². The molecule has 0 rings (SSSR count). The second-order valence-corrected chi connectivity index (χ2v) is 0. The van der Waals surface area contributed by atoms with Gasteiger partial charge in [-0.05, 0) is 0 Å². The fourth-order valence-corrected chi connectivity index (χ4v) is 0. The number of rotatable bonds is 0. The second-order valence-electron chi connectivity index (χ2n) is 0. The molecule has 0 aliphatic carbocycles. The quantitative estimate of drug-likeness (QED) is 0.321. The minimum Gasteiger partial charge on any atom is 0 e. The van der Waals surface area contributed by atoms with Crippen molar-refractivity contribution < 1.29 is 1320 Å². The van der Waals surface area contributed by atoms with Crippen LogP contribution in [-0.4, -0.2) is 0 Å². The van der Waals surface area contributed by atoms with E-state index in [-0.39, 0.29) is 1320 Å². The summed E-state index contributed by atoms with van der Waals surface area (Å²) >= 11 is 0. The molecule has 0 atom stereocenters. The van der Waals surface area contributed by atoms with Crippen molar-refractivity contribution in [1.82, 2.24) is 0 Å². The van der Waals surface area contributed by atoms with Crippen molar-refractivity contribution >= 4 is 0 Å². The molecular formula is La37. The number of hydrogen-bond acceptors (Lipinski definition) is 0. The van der Waals surface area contributed by atoms with Crippen LogP contribution >= 0.6 is 0 Å². The Balaban J connectivity index is 0. The van der Waals surface area contributed by atoms with Gasteiger partial charge in [0.25, 0.3) is 0 Å². The molecule has 0 N–H and O–H groups in total. The van der Waals surface area contributed by atoms with Crippen molar-refractivity contribution in [1.29, 1.82) is 0 Å². The molecule has 0 aromatic rings. The van der Waals surface area contributed by atoms with Gasteiger partial charge in [0.15, 0.2) is 0 Å². The molecule has 0 heterocycles. The average molecular weight is 5140 g/mol. The van der Waals surface area contributed by atoms with Crippen LogP contribution in [0.2, 0.25) is 0 Å². The first-order valence-corrected chi connectivity index (χ1v) is 0. The zero-order valence-electron chi connectivity index (χ0n) is 21.4. The summed E-state index contributed by atoms with van der Waals surface area (Å²) in [5.74, 6) is 0. The molecule has 0 aromatic carbocycles. The second kappa shape index (κ2) is 257. The van der Waals surface area contributed by atoms with Gasteiger partial charge < -0.3 is 0 Å². The molecular weight excluding hydrogens is 5140 g/mol. The van der Waals surface area contributed by atoms with Crippen LogP contribution in [0, 0.1) is 1320 Å². The molecule has 0 amide bonds. The fraction of sp³-hybridized carbons (Fsp3) is 0. The Kier molecular flexibility index (Phi) is 1860. The van der Waals surface area contributed by atoms with Crippen LogP contribution in [0.4, 0.5) is 0 Å². The Labute approximate surface area is 1260 Å². The first-order valence-electron chi connectivity index (χ1n) is 0. The van der Waals surface area contributed by atoms with E-state index in [1.807, 2.05) is 0 Å². The molecule has 0 fully saturated rings. The summed E-state index contributed by atoms with van der Waals surface area (Å²) in [6.45, 7) is 0. The molecule has 0 bridgehead atoms. The smallest absolute Gasteiger partial charge is 0 e. The summed E-state index contributed by atoms with van der Waals surface area (Å²) < 4.78 is 0. The Morgan fingerprint density at radius 2 is 0.0270 bits per heavy atom. The minimum absolute atomic E-state index is 0. The third-order valence-corrected chi connectivity index (χ3v) is 0. The van der Waals surface area contributed by atoms with Crippen molar-refractivity contribution in [2.75, 3.05) is 0 Å². The van der Waals surface area contributed by atoms with Crippen LogP contribution in [0.3, 0.4) is 0 Å². The van der Waals surface area contributed by atoms with E-state index in [2.05, 4.69) is 0 Å². The molecule has 37 heteroatoms. The van der Waals surface area contributed by atoms with Crippen molar-refractivity contribution in [3.63, 3.8) is 0 Å². The molecule has 111 valence electrons. The van der Waals surface area contributed by atoms with Gasteiger partial charge in [-0.15, -0.1) is 0 Å². The van der Waals surface area contributed by atoms with E-state index in [1.54, 1.807) is 0 Å². The maximum absolute atomic E-state index is 0. The summed E-state index contributed by atoms with van der Waals surface area (Å²) in [5, 5.41) is 0. The predicted octanol–water partition coefficient (Wildman–Crippen LogP) is 0. The Morgan fingerprint density at radius 1 is 0.0270 bits per heavy atom. The van der Waals surface area contributed by atoms with E-state index in [9.17, 15) is 0 Å². The topological polar surface area (TPSA) is 0 Å². The van der Waals surface area contributed by atoms with Gasteiger partial charge >= 0.3 is 0 Å². The third kappa shape index (κ3) is 251. The third-order valence-electron chi connectivity index (χ3n) is 0. The first kappa shape index (κ1) is 267. The zero-order valence-corrected chi connectivity index (χ0v) is 156. The maximum Gasteiger partial charge on any atom is 0 e. The minimum atomic E-state index is 0. The molecule has 0 aromatic heterocycles. The summed E-state index contributed by atoms with van der Waals surface area (Å²) in [6, 6.07) is 0. The van der Waals surface area contributed by atoms with Crippen LogP contribution in [0.1, 0.15) is 0 Å². The van der Waals surface area contributed by atoms with Gasteiger partial charge in [0.1, 0.15) is 0 Å². The maximum atomic E-state index is 0. The van der Waals surface area contributed by atoms with Gasteiger partial charge in [-0.2, -0.15) is 0 Å². The number of hydrogen-bond donors (Lipinski definition) is 0. The SMILES string of the molecule is [La].[La].[La].[La].[La].[La].[La].[La].[La].[La].[La].[La].[La].[La].[La].[La].[La].[La].[La].[La].[La].[La].[La].[La].[La].[La].[La].[La].[La].[La].[La].[La].[La].[La].[La].[La].[La]. The van der Waals surface area contributed by atoms with Crippen molar-refractivity contribution in [2.45, 2.75) is 0 Å². The van der Waals surface area contributed by atoms with E-state index < -0.39 is 0 Å². The zero-order chi connectivity index (χ0) is 0. The van der Waals surface area contributed by atoms with E-state index in [0.717, 1.165) is 0 Å². The van der Waals surface area contributed by atoms with Crippen LogP contribution in [0.15, 0.2) is 0 Å². The van der Waals surface area contributed by atoms with Gasteiger partial charge in [-0.25, -0.2) is 0 Å². The van der Waals surface area contributed by atoms with E-state index in [0.29, 0.717) is 0 Å². The summed E-state index contributed by atoms with van der Waals surface area (Å²) in [7, 11) is 0. The Hall–Kier alpha value is 44.2. The molecule has 0 aliphatic rings. The monoisotopic (exact) mass is 5140 g/mol. The molecule has 0 spiro atoms. The fourth-order valence-electron chi connectivity index (χ4n) is 0. The van der Waals surface area contributed by atoms with Gasteiger partial charge in [-0.1, -0.05) is 0 Å². The van der Waals surface area contributed by atoms with Crippen LogP contribution in [0.5, 0.6) is 0 Å². The van der Waals surface area contributed by atoms with E-state index in [1.165, 1.54) is 0 Å². The molecule has 0 unspecified atom stereocenters. The predicted molar refractivity (Wildman–Crippen MR) is 0 cm³/mol. The van der Waals surface area contributed by atoms with Crippen molar-refractivity contribution in [3.8, 4) is 0 Å². The molecule has 0 saturated carbocycles. The normalized spacial score (nSPS) is 0. The molecule has 0 aliphatic heterocycles. The van der Waals surface area contributed by atoms with E-state index in [4.69, 9.17) is 0 Å². The molecule has 37 radical (unpaired) electrons. The van der Waals surface area contributed by atoms with Gasteiger partial charge in [0, 0.05) is 1320 Å². The van der Waals surface area contributed by atoms with Crippen LogP contribution in [0.25, 0.3) is 0 Å². The van der Waals surface area contributed by atoms with Crippen LogP contribution < -0.4 is 0 Å². The van der Waals surface area contributed by atoms with Gasteiger partial charge in [0.05, 0.1) is 0 Å². The molecule has 0 saturated heterocycles. The summed E-state index contributed by atoms with van der Waals surface area (Å²) in [4.78, 5) is 0. The van der Waals surface area contributed by atoms with E-state index >= 15 is 0 Å². The van der Waals surface area contributed by atoms with Gasteiger partial charge in [-0.3, -0.25) is 0 Å². The summed E-state index contributed by atoms with van der Waals surface area (Å²) in [5.41, 5.74) is 0. The molecule has 37 heavy (non-hydrogen) atoms. The van der Waals surface area contributed by atoms with Crippen molar-refractivity contribution in [3.05, 3.63) is 0 Å². The standard InChI is InChI=1S/37La. The molecule has 0 nitrogen and oxygen atoms in total. The largest absolute Gasteiger partial charge is 0 e. The Morgan fingerprint density at radius 3 is 0.0270 bits per heavy atom. The van der Waals surface area contributed by atoms with Crippen molar-refractivity contribution in [2.24, 2.45) is 0 Å². The first-order chi connectivity index (χ1) is 0. The average Bonchev–Trinajstić information content (AvgIpc) is 0. The Bertz CT molecular complexity index is 0. The summed E-state index contributed by atoms with van der Waals surface area (Å²) in [6.07, 6.45) is 0. The van der Waals surface area contributed by atoms with Crippen LogP contribution in [-0.2, 0) is 0 Å².